The van der Waals surface area contributed by atoms with E-state index in [0.29, 0.717) is 0 Å². The van der Waals surface area contributed by atoms with Gasteiger partial charge in [0.1, 0.15) is 0 Å². The van der Waals surface area contributed by atoms with Gasteiger partial charge < -0.3 is 0 Å². The van der Waals surface area contributed by atoms with Gasteiger partial charge in [-0.15, -0.1) is 0 Å². The van der Waals surface area contributed by atoms with Gasteiger partial charge in [0.25, 0.3) is 0 Å². The van der Waals surface area contributed by atoms with Gasteiger partial charge in [-0.25, -0.2) is 0 Å². The zero-order valence-corrected chi connectivity index (χ0v) is 5.07. The smallest absolute Gasteiger partial charge is 0.0260 e. The summed E-state index contributed by atoms with van der Waals surface area (Å²) in [5.74, 6) is 0.814. The highest BCUT2D eigenvalue weighted by atomic mass is 14.1. The predicted octanol–water partition coefficient (Wildman–Crippen LogP) is 2.36. The molecule has 0 aromatic heterocycles. The second-order valence-electron chi connectivity index (χ2n) is 2.47. The first-order chi connectivity index (χ1) is 3.30. The third kappa shape index (κ3) is 0.846. The van der Waals surface area contributed by atoms with Gasteiger partial charge in [0.05, 0.1) is 0 Å². The third-order valence-corrected chi connectivity index (χ3v) is 1.58. The fourth-order valence-corrected chi connectivity index (χ4v) is 0.835. The highest BCUT2D eigenvalue weighted by Gasteiger charge is 2.07. The predicted molar refractivity (Wildman–Crippen MR) is 32.2 cm³/mol. The van der Waals surface area contributed by atoms with E-state index >= 15 is 0 Å². The Morgan fingerprint density at radius 3 is 2.14 bits per heavy atom. The summed E-state index contributed by atoms with van der Waals surface area (Å²) in [4.78, 5) is 0. The highest BCUT2D eigenvalue weighted by molar-refractivity contribution is 5.13. The van der Waals surface area contributed by atoms with Crippen molar-refractivity contribution >= 4 is 0 Å². The second-order valence-corrected chi connectivity index (χ2v) is 2.47. The van der Waals surface area contributed by atoms with Crippen molar-refractivity contribution in [3.8, 4) is 0 Å². The normalized spacial score (nSPS) is 19.0. The van der Waals surface area contributed by atoms with Gasteiger partial charge in [-0.1, -0.05) is 25.5 Å². The average molecular weight is 96.2 g/mol. The SMILES string of the molecule is CC(C)C1=CCC1. The van der Waals surface area contributed by atoms with Crippen molar-refractivity contribution in [2.24, 2.45) is 5.92 Å². The summed E-state index contributed by atoms with van der Waals surface area (Å²) in [6.45, 7) is 4.51. The quantitative estimate of drug-likeness (QED) is 0.439. The van der Waals surface area contributed by atoms with Crippen LogP contribution in [0.3, 0.4) is 0 Å². The van der Waals surface area contributed by atoms with Crippen LogP contribution in [0.15, 0.2) is 11.6 Å². The van der Waals surface area contributed by atoms with Gasteiger partial charge in [0.15, 0.2) is 0 Å². The Labute approximate surface area is 45.2 Å². The van der Waals surface area contributed by atoms with Crippen molar-refractivity contribution in [1.82, 2.24) is 0 Å². The van der Waals surface area contributed by atoms with Crippen LogP contribution in [0.25, 0.3) is 0 Å². The maximum Gasteiger partial charge on any atom is -0.0260 e. The molecular weight excluding hydrogens is 84.1 g/mol. The van der Waals surface area contributed by atoms with Gasteiger partial charge in [0.2, 0.25) is 0 Å². The van der Waals surface area contributed by atoms with E-state index < -0.39 is 0 Å². The molecule has 1 rings (SSSR count). The third-order valence-electron chi connectivity index (χ3n) is 1.58. The maximum absolute atomic E-state index is 2.34. The molecular formula is C7H12. The van der Waals surface area contributed by atoms with E-state index in [0.717, 1.165) is 5.92 Å². The maximum atomic E-state index is 2.34. The molecule has 0 aromatic carbocycles. The summed E-state index contributed by atoms with van der Waals surface area (Å²) in [6.07, 6.45) is 5.02. The van der Waals surface area contributed by atoms with Crippen LogP contribution in [-0.4, -0.2) is 0 Å². The van der Waals surface area contributed by atoms with Crippen molar-refractivity contribution in [2.45, 2.75) is 26.7 Å². The summed E-state index contributed by atoms with van der Waals surface area (Å²) in [5.41, 5.74) is 1.65. The van der Waals surface area contributed by atoms with Gasteiger partial charge in [-0.2, -0.15) is 0 Å². The Morgan fingerprint density at radius 2 is 2.14 bits per heavy atom. The first kappa shape index (κ1) is 4.89. The van der Waals surface area contributed by atoms with E-state index in [1.54, 1.807) is 5.57 Å². The fraction of sp³-hybridized carbons (Fsp3) is 0.714. The Balaban J connectivity index is 2.40. The molecule has 0 fully saturated rings. The summed E-state index contributed by atoms with van der Waals surface area (Å²) in [7, 11) is 0. The molecule has 0 heteroatoms. The molecule has 1 aliphatic rings. The standard InChI is InChI=1S/C7H12/c1-6(2)7-4-3-5-7/h4,6H,3,5H2,1-2H3. The molecule has 1 aliphatic carbocycles. The molecule has 0 amide bonds. The Kier molecular flexibility index (Phi) is 1.18. The van der Waals surface area contributed by atoms with Crippen LogP contribution in [-0.2, 0) is 0 Å². The van der Waals surface area contributed by atoms with Gasteiger partial charge >= 0.3 is 0 Å². The first-order valence-corrected chi connectivity index (χ1v) is 2.99. The minimum atomic E-state index is 0.814. The lowest BCUT2D eigenvalue weighted by Crippen LogP contribution is -2.00. The molecule has 0 atom stereocenters. The van der Waals surface area contributed by atoms with Crippen LogP contribution in [0.5, 0.6) is 0 Å². The number of hydrogen-bond acceptors (Lipinski definition) is 0. The van der Waals surface area contributed by atoms with E-state index in [4.69, 9.17) is 0 Å². The van der Waals surface area contributed by atoms with Crippen LogP contribution in [0, 0.1) is 5.92 Å². The lowest BCUT2D eigenvalue weighted by molar-refractivity contribution is 0.665. The van der Waals surface area contributed by atoms with Crippen LogP contribution >= 0.6 is 0 Å². The molecule has 0 unspecified atom stereocenters. The van der Waals surface area contributed by atoms with E-state index in [2.05, 4.69) is 19.9 Å². The zero-order chi connectivity index (χ0) is 5.28. The van der Waals surface area contributed by atoms with E-state index in [1.807, 2.05) is 0 Å². The molecule has 0 heterocycles. The second kappa shape index (κ2) is 1.69. The molecule has 0 aromatic rings. The monoisotopic (exact) mass is 96.1 g/mol. The van der Waals surface area contributed by atoms with E-state index in [9.17, 15) is 0 Å². The average Bonchev–Trinajstić information content (AvgIpc) is 1.23. The molecule has 7 heavy (non-hydrogen) atoms. The molecule has 0 aliphatic heterocycles. The number of allylic oxidation sites excluding steroid dienone is 2. The summed E-state index contributed by atoms with van der Waals surface area (Å²) in [6, 6.07) is 0. The van der Waals surface area contributed by atoms with Crippen LogP contribution in [0.2, 0.25) is 0 Å². The lowest BCUT2D eigenvalue weighted by Gasteiger charge is -2.17. The van der Waals surface area contributed by atoms with Crippen molar-refractivity contribution < 1.29 is 0 Å². The van der Waals surface area contributed by atoms with E-state index in [-0.39, 0.29) is 0 Å². The van der Waals surface area contributed by atoms with Gasteiger partial charge in [0, 0.05) is 0 Å². The van der Waals surface area contributed by atoms with Crippen molar-refractivity contribution in [3.05, 3.63) is 11.6 Å². The Morgan fingerprint density at radius 1 is 1.57 bits per heavy atom. The van der Waals surface area contributed by atoms with E-state index in [1.165, 1.54) is 12.8 Å². The Hall–Kier alpha value is -0.260. The topological polar surface area (TPSA) is 0 Å². The molecule has 0 saturated carbocycles. The Bertz CT molecular complexity index is 88.2. The van der Waals surface area contributed by atoms with Gasteiger partial charge in [-0.05, 0) is 18.8 Å². The van der Waals surface area contributed by atoms with Crippen LogP contribution in [0.4, 0.5) is 0 Å². The molecule has 40 valence electrons. The fourth-order valence-electron chi connectivity index (χ4n) is 0.835. The summed E-state index contributed by atoms with van der Waals surface area (Å²) >= 11 is 0. The zero-order valence-electron chi connectivity index (χ0n) is 5.07. The lowest BCUT2D eigenvalue weighted by atomic mass is 9.90. The highest BCUT2D eigenvalue weighted by Crippen LogP contribution is 2.24. The molecule has 0 N–H and O–H groups in total. The molecule has 0 spiro atoms. The van der Waals surface area contributed by atoms with Gasteiger partial charge in [-0.3, -0.25) is 0 Å². The molecule has 0 saturated heterocycles. The summed E-state index contributed by atoms with van der Waals surface area (Å²) in [5, 5.41) is 0. The molecule has 0 radical (unpaired) electrons. The summed E-state index contributed by atoms with van der Waals surface area (Å²) < 4.78 is 0. The minimum Gasteiger partial charge on any atom is -0.0847 e. The number of rotatable bonds is 1. The molecule has 0 bridgehead atoms. The first-order valence-electron chi connectivity index (χ1n) is 2.99. The minimum absolute atomic E-state index is 0.814. The molecule has 0 nitrogen and oxygen atoms in total. The van der Waals surface area contributed by atoms with Crippen LogP contribution in [0.1, 0.15) is 26.7 Å². The van der Waals surface area contributed by atoms with Crippen molar-refractivity contribution in [3.63, 3.8) is 0 Å². The largest absolute Gasteiger partial charge is 0.0847 e. The van der Waals surface area contributed by atoms with Crippen molar-refractivity contribution in [1.29, 1.82) is 0 Å². The number of hydrogen-bond donors (Lipinski definition) is 0. The van der Waals surface area contributed by atoms with Crippen LogP contribution < -0.4 is 0 Å². The van der Waals surface area contributed by atoms with Crippen molar-refractivity contribution in [2.75, 3.05) is 0 Å².